The Morgan fingerprint density at radius 3 is 2.41 bits per heavy atom. The largest absolute Gasteiger partial charge is 0.393 e. The third-order valence-corrected chi connectivity index (χ3v) is 10.0. The Morgan fingerprint density at radius 2 is 1.69 bits per heavy atom. The SMILES string of the molecule is CC(C)[C@@H](C)C=C[C@@H](C)[C@H]1CCC2C3=CC=C4C[C@@H](O)CC[C@]4(C)C3CC[C@@]21C. The van der Waals surface area contributed by atoms with E-state index in [0.29, 0.717) is 22.7 Å². The summed E-state index contributed by atoms with van der Waals surface area (Å²) in [6.45, 7) is 14.6. The number of fused-ring (bicyclic) bond motifs is 5. The van der Waals surface area contributed by atoms with E-state index in [1.165, 1.54) is 37.7 Å². The molecular weight excluding hydrogens is 352 g/mol. The molecule has 1 nitrogen and oxygen atoms in total. The van der Waals surface area contributed by atoms with Crippen LogP contribution in [-0.2, 0) is 0 Å². The second-order valence-electron chi connectivity index (χ2n) is 11.9. The Bertz CT molecular complexity index is 712. The van der Waals surface area contributed by atoms with Crippen molar-refractivity contribution in [3.8, 4) is 0 Å². The predicted molar refractivity (Wildman–Crippen MR) is 123 cm³/mol. The second-order valence-corrected chi connectivity index (χ2v) is 11.9. The van der Waals surface area contributed by atoms with Crippen LogP contribution in [0.15, 0.2) is 35.5 Å². The molecular formula is C28H44O. The van der Waals surface area contributed by atoms with Gasteiger partial charge in [-0.1, -0.05) is 77.0 Å². The van der Waals surface area contributed by atoms with Gasteiger partial charge in [-0.2, -0.15) is 0 Å². The lowest BCUT2D eigenvalue weighted by Gasteiger charge is -2.55. The van der Waals surface area contributed by atoms with Crippen LogP contribution >= 0.6 is 0 Å². The molecule has 0 aliphatic heterocycles. The van der Waals surface area contributed by atoms with Crippen molar-refractivity contribution in [2.45, 2.75) is 92.6 Å². The van der Waals surface area contributed by atoms with Gasteiger partial charge in [0.2, 0.25) is 0 Å². The van der Waals surface area contributed by atoms with Crippen molar-refractivity contribution in [3.05, 3.63) is 35.5 Å². The van der Waals surface area contributed by atoms with Crippen molar-refractivity contribution in [2.24, 2.45) is 46.3 Å². The average molecular weight is 397 g/mol. The first-order valence-corrected chi connectivity index (χ1v) is 12.4. The van der Waals surface area contributed by atoms with Crippen LogP contribution < -0.4 is 0 Å². The summed E-state index contributed by atoms with van der Waals surface area (Å²) in [7, 11) is 0. The third kappa shape index (κ3) is 3.50. The van der Waals surface area contributed by atoms with Gasteiger partial charge >= 0.3 is 0 Å². The number of aliphatic hydroxyl groups excluding tert-OH is 1. The molecule has 4 aliphatic carbocycles. The molecule has 0 radical (unpaired) electrons. The molecule has 3 fully saturated rings. The van der Waals surface area contributed by atoms with Gasteiger partial charge in [0.05, 0.1) is 6.10 Å². The van der Waals surface area contributed by atoms with Gasteiger partial charge in [-0.05, 0) is 91.3 Å². The highest BCUT2D eigenvalue weighted by Crippen LogP contribution is 2.65. The van der Waals surface area contributed by atoms with Gasteiger partial charge in [-0.3, -0.25) is 0 Å². The smallest absolute Gasteiger partial charge is 0.0578 e. The van der Waals surface area contributed by atoms with E-state index in [-0.39, 0.29) is 6.10 Å². The van der Waals surface area contributed by atoms with Gasteiger partial charge in [0, 0.05) is 0 Å². The number of hydrogen-bond donors (Lipinski definition) is 1. The zero-order valence-corrected chi connectivity index (χ0v) is 19.7. The average Bonchev–Trinajstić information content (AvgIpc) is 3.03. The lowest BCUT2D eigenvalue weighted by molar-refractivity contribution is 0.0382. The van der Waals surface area contributed by atoms with E-state index in [1.54, 1.807) is 5.57 Å². The Labute approximate surface area is 179 Å². The summed E-state index contributed by atoms with van der Waals surface area (Å²) in [5.74, 6) is 4.38. The maximum absolute atomic E-state index is 10.2. The van der Waals surface area contributed by atoms with E-state index in [4.69, 9.17) is 0 Å². The molecule has 0 amide bonds. The van der Waals surface area contributed by atoms with Crippen molar-refractivity contribution in [2.75, 3.05) is 0 Å². The Balaban J connectivity index is 1.57. The third-order valence-electron chi connectivity index (χ3n) is 10.0. The van der Waals surface area contributed by atoms with Gasteiger partial charge in [0.15, 0.2) is 0 Å². The van der Waals surface area contributed by atoms with E-state index in [1.807, 2.05) is 0 Å². The summed E-state index contributed by atoms with van der Waals surface area (Å²) >= 11 is 0. The molecule has 0 bridgehead atoms. The fraction of sp³-hybridized carbons (Fsp3) is 0.786. The first kappa shape index (κ1) is 21.4. The van der Waals surface area contributed by atoms with Gasteiger partial charge in [-0.25, -0.2) is 0 Å². The molecule has 3 saturated carbocycles. The van der Waals surface area contributed by atoms with Crippen molar-refractivity contribution in [3.63, 3.8) is 0 Å². The van der Waals surface area contributed by atoms with Crippen LogP contribution in [0.25, 0.3) is 0 Å². The van der Waals surface area contributed by atoms with E-state index >= 15 is 0 Å². The zero-order valence-electron chi connectivity index (χ0n) is 19.7. The normalized spacial score (nSPS) is 44.0. The van der Waals surface area contributed by atoms with Gasteiger partial charge in [0.1, 0.15) is 0 Å². The maximum Gasteiger partial charge on any atom is 0.0578 e. The van der Waals surface area contributed by atoms with Gasteiger partial charge < -0.3 is 5.11 Å². The molecule has 162 valence electrons. The zero-order chi connectivity index (χ0) is 21.0. The minimum absolute atomic E-state index is 0.116. The molecule has 4 rings (SSSR count). The predicted octanol–water partition coefficient (Wildman–Crippen LogP) is 7.33. The summed E-state index contributed by atoms with van der Waals surface area (Å²) in [5.41, 5.74) is 4.07. The molecule has 1 heteroatoms. The molecule has 2 unspecified atom stereocenters. The quantitative estimate of drug-likeness (QED) is 0.493. The molecule has 29 heavy (non-hydrogen) atoms. The Kier molecular flexibility index (Phi) is 5.69. The monoisotopic (exact) mass is 396 g/mol. The van der Waals surface area contributed by atoms with Gasteiger partial charge in [0.25, 0.3) is 0 Å². The highest BCUT2D eigenvalue weighted by atomic mass is 16.3. The van der Waals surface area contributed by atoms with Crippen LogP contribution in [0.2, 0.25) is 0 Å². The Hall–Kier alpha value is -0.820. The molecule has 0 heterocycles. The van der Waals surface area contributed by atoms with Crippen molar-refractivity contribution < 1.29 is 5.11 Å². The van der Waals surface area contributed by atoms with Crippen LogP contribution in [0.5, 0.6) is 0 Å². The van der Waals surface area contributed by atoms with E-state index in [0.717, 1.165) is 36.5 Å². The van der Waals surface area contributed by atoms with Crippen LogP contribution in [0, 0.1) is 46.3 Å². The minimum atomic E-state index is -0.116. The number of rotatable bonds is 4. The first-order chi connectivity index (χ1) is 13.7. The fourth-order valence-electron chi connectivity index (χ4n) is 7.59. The summed E-state index contributed by atoms with van der Waals surface area (Å²) < 4.78 is 0. The molecule has 0 aromatic carbocycles. The summed E-state index contributed by atoms with van der Waals surface area (Å²) in [5, 5.41) is 10.2. The molecule has 0 aromatic rings. The summed E-state index contributed by atoms with van der Waals surface area (Å²) in [6.07, 6.45) is 18.4. The van der Waals surface area contributed by atoms with Crippen molar-refractivity contribution >= 4 is 0 Å². The fourth-order valence-corrected chi connectivity index (χ4v) is 7.59. The lowest BCUT2D eigenvalue weighted by atomic mass is 9.50. The minimum Gasteiger partial charge on any atom is -0.393 e. The molecule has 0 spiro atoms. The van der Waals surface area contributed by atoms with E-state index in [2.05, 4.69) is 65.8 Å². The second kappa shape index (κ2) is 7.70. The summed E-state index contributed by atoms with van der Waals surface area (Å²) in [6, 6.07) is 0. The number of allylic oxidation sites excluding steroid dienone is 5. The van der Waals surface area contributed by atoms with Crippen LogP contribution in [0.4, 0.5) is 0 Å². The standard InChI is InChI=1S/C28H44O/c1-18(2)19(3)7-8-20(4)24-11-12-25-23-10-9-21-17-22(29)13-15-27(21,5)26(23)14-16-28(24,25)6/h7-10,18-20,22,24-26,29H,11-17H2,1-6H3/t19-,20+,22-,24+,25?,26?,27-,28+/m0/s1. The molecule has 0 saturated heterocycles. The molecule has 8 atom stereocenters. The van der Waals surface area contributed by atoms with Crippen LogP contribution in [0.1, 0.15) is 86.5 Å². The topological polar surface area (TPSA) is 20.2 Å². The highest BCUT2D eigenvalue weighted by Gasteiger charge is 2.56. The highest BCUT2D eigenvalue weighted by molar-refractivity contribution is 5.39. The Morgan fingerprint density at radius 1 is 0.931 bits per heavy atom. The lowest BCUT2D eigenvalue weighted by Crippen LogP contribution is -2.46. The maximum atomic E-state index is 10.2. The first-order valence-electron chi connectivity index (χ1n) is 12.4. The van der Waals surface area contributed by atoms with Crippen LogP contribution in [-0.4, -0.2) is 11.2 Å². The summed E-state index contributed by atoms with van der Waals surface area (Å²) in [4.78, 5) is 0. The molecule has 1 N–H and O–H groups in total. The van der Waals surface area contributed by atoms with E-state index < -0.39 is 0 Å². The number of hydrogen-bond acceptors (Lipinski definition) is 1. The van der Waals surface area contributed by atoms with E-state index in [9.17, 15) is 5.11 Å². The van der Waals surface area contributed by atoms with Crippen molar-refractivity contribution in [1.29, 1.82) is 0 Å². The molecule has 4 aliphatic rings. The van der Waals surface area contributed by atoms with Crippen molar-refractivity contribution in [1.82, 2.24) is 0 Å². The molecule has 0 aromatic heterocycles. The van der Waals surface area contributed by atoms with Crippen LogP contribution in [0.3, 0.4) is 0 Å². The number of aliphatic hydroxyl groups is 1. The van der Waals surface area contributed by atoms with Gasteiger partial charge in [-0.15, -0.1) is 0 Å².